The van der Waals surface area contributed by atoms with Crippen molar-refractivity contribution in [3.05, 3.63) is 54.1 Å². The highest BCUT2D eigenvalue weighted by atomic mass is 16.5. The molecule has 0 aliphatic carbocycles. The third kappa shape index (κ3) is 3.02. The number of fused-ring (bicyclic) bond motifs is 1. The van der Waals surface area contributed by atoms with Crippen LogP contribution in [-0.4, -0.2) is 32.1 Å². The first-order valence-electron chi connectivity index (χ1n) is 7.75. The minimum Gasteiger partial charge on any atom is -0.484 e. The van der Waals surface area contributed by atoms with Gasteiger partial charge >= 0.3 is 0 Å². The summed E-state index contributed by atoms with van der Waals surface area (Å²) in [7, 11) is 3.94. The molecule has 0 bridgehead atoms. The molecule has 1 aliphatic rings. The topological polar surface area (TPSA) is 32.8 Å². The molecule has 4 nitrogen and oxygen atoms in total. The third-order valence-corrected chi connectivity index (χ3v) is 3.94. The molecule has 23 heavy (non-hydrogen) atoms. The fourth-order valence-corrected chi connectivity index (χ4v) is 2.82. The van der Waals surface area contributed by atoms with Gasteiger partial charge in [0, 0.05) is 25.3 Å². The molecule has 2 aromatic rings. The van der Waals surface area contributed by atoms with Gasteiger partial charge in [0.15, 0.2) is 0 Å². The van der Waals surface area contributed by atoms with E-state index in [-0.39, 0.29) is 5.91 Å². The molecule has 1 amide bonds. The summed E-state index contributed by atoms with van der Waals surface area (Å²) in [6.45, 7) is 4.52. The van der Waals surface area contributed by atoms with Crippen molar-refractivity contribution in [3.63, 3.8) is 0 Å². The highest BCUT2D eigenvalue weighted by Crippen LogP contribution is 2.37. The average Bonchev–Trinajstić information content (AvgIpc) is 2.52. The Morgan fingerprint density at radius 2 is 1.87 bits per heavy atom. The van der Waals surface area contributed by atoms with Gasteiger partial charge in [-0.25, -0.2) is 0 Å². The predicted molar refractivity (Wildman–Crippen MR) is 93.6 cm³/mol. The molecule has 0 unspecified atom stereocenters. The second-order valence-corrected chi connectivity index (χ2v) is 6.67. The smallest absolute Gasteiger partial charge is 0.258 e. The molecule has 120 valence electrons. The molecule has 0 N–H and O–H groups in total. The largest absolute Gasteiger partial charge is 0.484 e. The predicted octanol–water partition coefficient (Wildman–Crippen LogP) is 3.57. The summed E-state index contributed by atoms with van der Waals surface area (Å²) in [5, 5.41) is 0. The van der Waals surface area contributed by atoms with E-state index in [2.05, 4.69) is 0 Å². The lowest BCUT2D eigenvalue weighted by atomic mass is 10.0. The Morgan fingerprint density at radius 3 is 2.61 bits per heavy atom. The van der Waals surface area contributed by atoms with Crippen LogP contribution in [0.15, 0.2) is 48.5 Å². The first kappa shape index (κ1) is 15.4. The lowest BCUT2D eigenvalue weighted by Gasteiger charge is -2.39. The molecule has 0 radical (unpaired) electrons. The highest BCUT2D eigenvalue weighted by molar-refractivity contribution is 6.07. The molecule has 0 fully saturated rings. The summed E-state index contributed by atoms with van der Waals surface area (Å²) in [6.07, 6.45) is 0. The van der Waals surface area contributed by atoms with E-state index in [9.17, 15) is 4.79 Å². The van der Waals surface area contributed by atoms with E-state index in [0.717, 1.165) is 17.1 Å². The van der Waals surface area contributed by atoms with Gasteiger partial charge in [-0.2, -0.15) is 0 Å². The second kappa shape index (κ2) is 5.61. The summed E-state index contributed by atoms with van der Waals surface area (Å²) >= 11 is 0. The standard InChI is InChI=1S/C19H22N2O2/c1-19(2)13-21(16-10-5-6-11-17(16)23-19)18(22)14-8-7-9-15(12-14)20(3)4/h5-12H,13H2,1-4H3. The van der Waals surface area contributed by atoms with Crippen molar-refractivity contribution in [1.29, 1.82) is 0 Å². The van der Waals surface area contributed by atoms with Crippen LogP contribution in [0.1, 0.15) is 24.2 Å². The van der Waals surface area contributed by atoms with Crippen LogP contribution in [0.4, 0.5) is 11.4 Å². The number of carbonyl (C=O) groups is 1. The van der Waals surface area contributed by atoms with Crippen molar-refractivity contribution >= 4 is 17.3 Å². The fraction of sp³-hybridized carbons (Fsp3) is 0.316. The highest BCUT2D eigenvalue weighted by Gasteiger charge is 2.35. The van der Waals surface area contributed by atoms with E-state index in [1.165, 1.54) is 0 Å². The van der Waals surface area contributed by atoms with Crippen molar-refractivity contribution in [1.82, 2.24) is 0 Å². The molecular weight excluding hydrogens is 288 g/mol. The number of hydrogen-bond donors (Lipinski definition) is 0. The van der Waals surface area contributed by atoms with E-state index < -0.39 is 5.60 Å². The number of rotatable bonds is 2. The van der Waals surface area contributed by atoms with E-state index in [4.69, 9.17) is 4.74 Å². The van der Waals surface area contributed by atoms with Gasteiger partial charge < -0.3 is 14.5 Å². The number of amides is 1. The molecule has 4 heteroatoms. The zero-order chi connectivity index (χ0) is 16.6. The molecule has 3 rings (SSSR count). The van der Waals surface area contributed by atoms with Crippen LogP contribution in [0, 0.1) is 0 Å². The lowest BCUT2D eigenvalue weighted by molar-refractivity contribution is 0.0837. The third-order valence-electron chi connectivity index (χ3n) is 3.94. The molecule has 2 aromatic carbocycles. The van der Waals surface area contributed by atoms with Crippen LogP contribution in [0.5, 0.6) is 5.75 Å². The minimum absolute atomic E-state index is 0.00229. The van der Waals surface area contributed by atoms with Crippen molar-refractivity contribution in [3.8, 4) is 5.75 Å². The Balaban J connectivity index is 2.00. The van der Waals surface area contributed by atoms with E-state index >= 15 is 0 Å². The van der Waals surface area contributed by atoms with Crippen molar-refractivity contribution in [2.45, 2.75) is 19.4 Å². The maximum Gasteiger partial charge on any atom is 0.258 e. The van der Waals surface area contributed by atoms with Gasteiger partial charge in [0.25, 0.3) is 5.91 Å². The van der Waals surface area contributed by atoms with Gasteiger partial charge in [-0.3, -0.25) is 4.79 Å². The monoisotopic (exact) mass is 310 g/mol. The van der Waals surface area contributed by atoms with Gasteiger partial charge in [-0.05, 0) is 44.2 Å². The van der Waals surface area contributed by atoms with Crippen LogP contribution >= 0.6 is 0 Å². The number of para-hydroxylation sites is 2. The Kier molecular flexibility index (Phi) is 3.76. The number of carbonyl (C=O) groups excluding carboxylic acids is 1. The Bertz CT molecular complexity index is 738. The quantitative estimate of drug-likeness (QED) is 0.850. The summed E-state index contributed by atoms with van der Waals surface area (Å²) in [6, 6.07) is 15.4. The summed E-state index contributed by atoms with van der Waals surface area (Å²) in [5.74, 6) is 0.749. The molecular formula is C19H22N2O2. The molecule has 0 aromatic heterocycles. The van der Waals surface area contributed by atoms with Crippen LogP contribution in [-0.2, 0) is 0 Å². The van der Waals surface area contributed by atoms with Gasteiger partial charge in [-0.1, -0.05) is 18.2 Å². The second-order valence-electron chi connectivity index (χ2n) is 6.67. The Hall–Kier alpha value is -2.49. The van der Waals surface area contributed by atoms with Gasteiger partial charge in [0.05, 0.1) is 12.2 Å². The van der Waals surface area contributed by atoms with Crippen LogP contribution in [0.25, 0.3) is 0 Å². The van der Waals surface area contributed by atoms with E-state index in [1.54, 1.807) is 0 Å². The zero-order valence-corrected chi connectivity index (χ0v) is 14.0. The number of anilines is 2. The maximum atomic E-state index is 13.1. The number of ether oxygens (including phenoxy) is 1. The molecule has 1 heterocycles. The maximum absolute atomic E-state index is 13.1. The van der Waals surface area contributed by atoms with Crippen molar-refractivity contribution in [2.75, 3.05) is 30.4 Å². The SMILES string of the molecule is CN(C)c1cccc(C(=O)N2CC(C)(C)Oc3ccccc32)c1. The van der Waals surface area contributed by atoms with Crippen LogP contribution < -0.4 is 14.5 Å². The average molecular weight is 310 g/mol. The van der Waals surface area contributed by atoms with Crippen molar-refractivity contribution < 1.29 is 9.53 Å². The van der Waals surface area contributed by atoms with Gasteiger partial charge in [0.1, 0.15) is 11.4 Å². The Morgan fingerprint density at radius 1 is 1.13 bits per heavy atom. The number of benzene rings is 2. The van der Waals surface area contributed by atoms with Gasteiger partial charge in [0.2, 0.25) is 0 Å². The van der Waals surface area contributed by atoms with E-state index in [1.807, 2.05) is 86.3 Å². The fourth-order valence-electron chi connectivity index (χ4n) is 2.82. The molecule has 0 spiro atoms. The summed E-state index contributed by atoms with van der Waals surface area (Å²) < 4.78 is 6.00. The number of nitrogens with zero attached hydrogens (tertiary/aromatic N) is 2. The summed E-state index contributed by atoms with van der Waals surface area (Å²) in [4.78, 5) is 16.9. The van der Waals surface area contributed by atoms with Crippen molar-refractivity contribution in [2.24, 2.45) is 0 Å². The number of hydrogen-bond acceptors (Lipinski definition) is 3. The summed E-state index contributed by atoms with van der Waals surface area (Å²) in [5.41, 5.74) is 2.11. The first-order valence-corrected chi connectivity index (χ1v) is 7.75. The minimum atomic E-state index is -0.414. The zero-order valence-electron chi connectivity index (χ0n) is 14.0. The normalized spacial score (nSPS) is 15.6. The first-order chi connectivity index (χ1) is 10.9. The van der Waals surface area contributed by atoms with Gasteiger partial charge in [-0.15, -0.1) is 0 Å². The molecule has 0 saturated carbocycles. The Labute approximate surface area is 137 Å². The van der Waals surface area contributed by atoms with Crippen LogP contribution in [0.3, 0.4) is 0 Å². The van der Waals surface area contributed by atoms with Crippen LogP contribution in [0.2, 0.25) is 0 Å². The molecule has 1 aliphatic heterocycles. The lowest BCUT2D eigenvalue weighted by Crippen LogP contribution is -2.49. The molecule has 0 atom stereocenters. The van der Waals surface area contributed by atoms with E-state index in [0.29, 0.717) is 12.1 Å². The molecule has 0 saturated heterocycles.